The lowest BCUT2D eigenvalue weighted by Crippen LogP contribution is -2.37. The molecule has 0 saturated heterocycles. The molecule has 9 heteroatoms. The highest BCUT2D eigenvalue weighted by atomic mass is 32.1. The molecule has 0 aliphatic heterocycles. The largest absolute Gasteiger partial charge is 0.311 e. The second-order valence-electron chi connectivity index (χ2n) is 38.8. The number of thiophene rings is 2. The summed E-state index contributed by atoms with van der Waals surface area (Å²) in [6, 6.07) is 155. The quantitative estimate of drug-likeness (QED) is 0.0627. The minimum absolute atomic E-state index is 0.0882. The van der Waals surface area contributed by atoms with Gasteiger partial charge in [-0.25, -0.2) is 4.39 Å². The number of fused-ring (bicyclic) bond motifs is 19. The SMILES string of the molecule is CC1(C)c2ccccc2-c2ccc(N(c3ccccc3)c3ccc4c(c3)sc3c5ccc(-c6ccc(N(c7ccccc7)c7ccc([Si](C)(C)C)cc7)cc6)cc5c5ccccc5c43)cc21.C[Si](C)(C)c1ccc(N(c2ccccc2)c2ccc(-c3ccc4c(c3)c3ccccc3c3c5ccc(N(c6ccccc6)c6c(F)cc(C7C=CC=CC7)cc6-c6ccccc6)cc5sc43)cc2)cc1. The van der Waals surface area contributed by atoms with E-state index in [0.29, 0.717) is 5.69 Å². The fourth-order valence-corrected chi connectivity index (χ4v) is 25.9. The van der Waals surface area contributed by atoms with Crippen molar-refractivity contribution in [2.24, 2.45) is 0 Å². The third-order valence-corrected chi connectivity index (χ3v) is 34.5. The van der Waals surface area contributed by atoms with Crippen molar-refractivity contribution in [2.75, 3.05) is 19.6 Å². The minimum atomic E-state index is -1.44. The van der Waals surface area contributed by atoms with Gasteiger partial charge in [-0.3, -0.25) is 0 Å². The van der Waals surface area contributed by atoms with Crippen LogP contribution in [-0.2, 0) is 5.41 Å². The molecular formula is C127H101FN4S2Si2. The Morgan fingerprint density at radius 1 is 0.272 bits per heavy atom. The van der Waals surface area contributed by atoms with E-state index in [1.807, 2.05) is 59.1 Å². The average Bonchev–Trinajstić information content (AvgIpc) is 1.57. The minimum Gasteiger partial charge on any atom is -0.311 e. The number of nitrogens with zero attached hydrogens (tertiary/aromatic N) is 4. The average molecular weight is 1820 g/mol. The highest BCUT2D eigenvalue weighted by molar-refractivity contribution is 7.27. The summed E-state index contributed by atoms with van der Waals surface area (Å²) in [5.41, 5.74) is 25.6. The van der Waals surface area contributed by atoms with Crippen molar-refractivity contribution in [2.45, 2.75) is 70.9 Å². The Kier molecular flexibility index (Phi) is 21.8. The summed E-state index contributed by atoms with van der Waals surface area (Å²) in [5, 5.41) is 18.1. The first kappa shape index (κ1) is 85.1. The normalized spacial score (nSPS) is 13.4. The van der Waals surface area contributed by atoms with Crippen LogP contribution in [0.1, 0.15) is 42.9 Å². The highest BCUT2D eigenvalue weighted by Crippen LogP contribution is 2.55. The first-order valence-electron chi connectivity index (χ1n) is 47.3. The Balaban J connectivity index is 0.000000153. The standard InChI is InChI=1S/C65H51FN2SSi.C62H50N2SSi/c1-70(2,3)54-36-33-52(34-37-54)67(49-22-12-6-13-23-49)51-31-28-45(29-32-51)47-30-38-57-60(40-47)55-26-16-17-27-56(55)63-58-39-35-53(43-62(58)69-65(57)63)68(50-24-14-7-15-25-50)64-59(46-20-10-5-11-21-46)41-48(42-61(64)66)44-18-8-4-9-19-44;1-62(2)57-23-15-14-21-51(57)52-36-31-47(39-58(52)62)64(44-18-10-7-11-19-44)48-32-37-55-59(40-48)65-61-54-35-26-42(38-56(54)50-20-12-13-22-53(50)60(55)61)41-24-27-45(28-25-41)63(43-16-8-6-9-17-43)46-29-33-49(34-30-46)66(3,4)5/h4-18,20-44H,19H2,1-3H3;6-40H,1-5H3. The summed E-state index contributed by atoms with van der Waals surface area (Å²) in [5.74, 6) is -0.139. The molecule has 1 unspecified atom stereocenters. The first-order chi connectivity index (χ1) is 66.4. The van der Waals surface area contributed by atoms with E-state index in [1.165, 1.54) is 145 Å². The van der Waals surface area contributed by atoms with Crippen molar-refractivity contribution in [3.8, 4) is 44.5 Å². The third kappa shape index (κ3) is 15.5. The summed E-state index contributed by atoms with van der Waals surface area (Å²) in [6.07, 6.45) is 9.31. The monoisotopic (exact) mass is 1820 g/mol. The van der Waals surface area contributed by atoms with Crippen LogP contribution in [-0.4, -0.2) is 16.1 Å². The number of allylic oxidation sites excluding steroid dienone is 4. The van der Waals surface area contributed by atoms with E-state index < -0.39 is 16.1 Å². The van der Waals surface area contributed by atoms with Crippen LogP contribution in [0, 0.1) is 5.82 Å². The van der Waals surface area contributed by atoms with E-state index in [0.717, 1.165) is 79.0 Å². The maximum absolute atomic E-state index is 17.3. The molecule has 0 bridgehead atoms. The molecule has 0 amide bonds. The molecule has 0 N–H and O–H groups in total. The molecule has 24 rings (SSSR count). The van der Waals surface area contributed by atoms with Crippen LogP contribution in [0.5, 0.6) is 0 Å². The van der Waals surface area contributed by atoms with Gasteiger partial charge in [0.1, 0.15) is 5.82 Å². The molecule has 0 spiro atoms. The van der Waals surface area contributed by atoms with Gasteiger partial charge < -0.3 is 19.6 Å². The molecule has 1 atom stereocenters. The molecule has 20 aromatic carbocycles. The fraction of sp³-hybridized carbons (Fsp3) is 0.0866. The number of rotatable bonds is 18. The number of hydrogen-bond acceptors (Lipinski definition) is 6. The van der Waals surface area contributed by atoms with Gasteiger partial charge in [-0.1, -0.05) is 355 Å². The summed E-state index contributed by atoms with van der Waals surface area (Å²) in [6.45, 7) is 19.1. The summed E-state index contributed by atoms with van der Waals surface area (Å²) in [7, 11) is -2.86. The van der Waals surface area contributed by atoms with Gasteiger partial charge in [0, 0.05) is 131 Å². The molecule has 136 heavy (non-hydrogen) atoms. The maximum Gasteiger partial charge on any atom is 0.148 e. The van der Waals surface area contributed by atoms with E-state index in [2.05, 4.69) is 479 Å². The number of hydrogen-bond donors (Lipinski definition) is 0. The van der Waals surface area contributed by atoms with Gasteiger partial charge in [0.2, 0.25) is 0 Å². The van der Waals surface area contributed by atoms with Crippen LogP contribution in [0.15, 0.2) is 449 Å². The molecule has 656 valence electrons. The van der Waals surface area contributed by atoms with Gasteiger partial charge >= 0.3 is 0 Å². The van der Waals surface area contributed by atoms with E-state index in [1.54, 1.807) is 6.07 Å². The summed E-state index contributed by atoms with van der Waals surface area (Å²) >= 11 is 3.73. The van der Waals surface area contributed by atoms with Crippen molar-refractivity contribution in [3.63, 3.8) is 0 Å². The zero-order chi connectivity index (χ0) is 92.1. The summed E-state index contributed by atoms with van der Waals surface area (Å²) < 4.78 is 22.3. The molecule has 2 aromatic heterocycles. The number of anilines is 12. The zero-order valence-electron chi connectivity index (χ0n) is 77.5. The Morgan fingerprint density at radius 2 is 0.632 bits per heavy atom. The van der Waals surface area contributed by atoms with E-state index in [9.17, 15) is 0 Å². The van der Waals surface area contributed by atoms with Crippen molar-refractivity contribution in [1.29, 1.82) is 0 Å². The second-order valence-corrected chi connectivity index (χ2v) is 51.0. The Bertz CT molecular complexity index is 8420. The van der Waals surface area contributed by atoms with Crippen LogP contribution < -0.4 is 30.0 Å². The molecule has 2 heterocycles. The van der Waals surface area contributed by atoms with Gasteiger partial charge in [0.15, 0.2) is 0 Å². The van der Waals surface area contributed by atoms with Crippen molar-refractivity contribution < 1.29 is 4.39 Å². The number of halogens is 1. The van der Waals surface area contributed by atoms with E-state index in [4.69, 9.17) is 0 Å². The number of benzene rings is 20. The predicted octanol–water partition coefficient (Wildman–Crippen LogP) is 36.7. The van der Waals surface area contributed by atoms with Gasteiger partial charge in [0.25, 0.3) is 0 Å². The van der Waals surface area contributed by atoms with Gasteiger partial charge in [-0.05, 0) is 252 Å². The molecule has 4 nitrogen and oxygen atoms in total. The third-order valence-electron chi connectivity index (χ3n) is 28.0. The van der Waals surface area contributed by atoms with Crippen LogP contribution in [0.3, 0.4) is 0 Å². The topological polar surface area (TPSA) is 13.0 Å². The Labute approximate surface area is 805 Å². The van der Waals surface area contributed by atoms with Crippen LogP contribution in [0.25, 0.3) is 128 Å². The predicted molar refractivity (Wildman–Crippen MR) is 593 cm³/mol. The molecule has 0 saturated carbocycles. The van der Waals surface area contributed by atoms with Crippen LogP contribution in [0.2, 0.25) is 39.3 Å². The van der Waals surface area contributed by atoms with Crippen molar-refractivity contribution >= 4 is 201 Å². The first-order valence-corrected chi connectivity index (χ1v) is 55.9. The molecular weight excluding hydrogens is 1720 g/mol. The van der Waals surface area contributed by atoms with Crippen molar-refractivity contribution in [3.05, 3.63) is 471 Å². The molecule has 0 radical (unpaired) electrons. The lowest BCUT2D eigenvalue weighted by atomic mass is 9.82. The summed E-state index contributed by atoms with van der Waals surface area (Å²) in [4.78, 5) is 9.25. The Hall–Kier alpha value is -15.1. The van der Waals surface area contributed by atoms with Gasteiger partial charge in [-0.15, -0.1) is 22.7 Å². The lowest BCUT2D eigenvalue weighted by molar-refractivity contribution is 0.625. The second kappa shape index (κ2) is 34.8. The van der Waals surface area contributed by atoms with Gasteiger partial charge in [0.05, 0.1) is 21.8 Å². The van der Waals surface area contributed by atoms with Crippen LogP contribution >= 0.6 is 22.7 Å². The van der Waals surface area contributed by atoms with Crippen molar-refractivity contribution in [1.82, 2.24) is 0 Å². The molecule has 2 aliphatic carbocycles. The fourth-order valence-electron chi connectivity index (χ4n) is 21.0. The smallest absolute Gasteiger partial charge is 0.148 e. The number of para-hydroxylation sites is 4. The van der Waals surface area contributed by atoms with E-state index in [-0.39, 0.29) is 17.2 Å². The highest BCUT2D eigenvalue weighted by Gasteiger charge is 2.37. The lowest BCUT2D eigenvalue weighted by Gasteiger charge is -2.29. The van der Waals surface area contributed by atoms with E-state index >= 15 is 4.39 Å². The maximum atomic E-state index is 17.3. The molecule has 22 aromatic rings. The Morgan fingerprint density at radius 3 is 1.09 bits per heavy atom. The van der Waals surface area contributed by atoms with Gasteiger partial charge in [-0.2, -0.15) is 0 Å². The zero-order valence-corrected chi connectivity index (χ0v) is 81.1. The van der Waals surface area contributed by atoms with Crippen LogP contribution in [0.4, 0.5) is 72.6 Å². The molecule has 2 aliphatic rings. The molecule has 0 fully saturated rings.